The first-order chi connectivity index (χ1) is 4.74. The summed E-state index contributed by atoms with van der Waals surface area (Å²) in [5, 5.41) is 17.8. The van der Waals surface area contributed by atoms with E-state index in [0.29, 0.717) is 5.56 Å². The Morgan fingerprint density at radius 3 is 2.60 bits per heavy atom. The zero-order valence-corrected chi connectivity index (χ0v) is 5.63. The highest BCUT2D eigenvalue weighted by molar-refractivity contribution is 5.56. The molecule has 0 amide bonds. The molecule has 1 aromatic heterocycles. The maximum atomic E-state index is 9.00. The van der Waals surface area contributed by atoms with Crippen molar-refractivity contribution in [2.75, 3.05) is 0 Å². The van der Waals surface area contributed by atoms with E-state index in [1.54, 1.807) is 12.2 Å². The number of aromatic nitrogens is 1. The van der Waals surface area contributed by atoms with E-state index < -0.39 is 0 Å². The van der Waals surface area contributed by atoms with Gasteiger partial charge in [-0.1, -0.05) is 12.2 Å². The van der Waals surface area contributed by atoms with Crippen molar-refractivity contribution >= 4 is 6.08 Å². The Labute approximate surface area is 58.6 Å². The van der Waals surface area contributed by atoms with Crippen molar-refractivity contribution in [1.82, 2.24) is 4.98 Å². The molecule has 1 aromatic rings. The lowest BCUT2D eigenvalue weighted by atomic mass is 10.3. The van der Waals surface area contributed by atoms with Gasteiger partial charge < -0.3 is 10.2 Å². The maximum absolute atomic E-state index is 9.00. The van der Waals surface area contributed by atoms with Crippen molar-refractivity contribution in [2.45, 2.75) is 6.92 Å². The van der Waals surface area contributed by atoms with Crippen molar-refractivity contribution < 1.29 is 10.2 Å². The average Bonchev–Trinajstić information content (AvgIpc) is 2.13. The zero-order valence-electron chi connectivity index (χ0n) is 5.63. The molecular formula is C7H9NO2. The number of allylic oxidation sites excluding steroid dienone is 1. The molecule has 10 heavy (non-hydrogen) atoms. The smallest absolute Gasteiger partial charge is 0.198 e. The van der Waals surface area contributed by atoms with Gasteiger partial charge in [-0.2, -0.15) is 0 Å². The van der Waals surface area contributed by atoms with Gasteiger partial charge in [-0.3, -0.25) is 4.98 Å². The van der Waals surface area contributed by atoms with Gasteiger partial charge >= 0.3 is 0 Å². The summed E-state index contributed by atoms with van der Waals surface area (Å²) in [5.41, 5.74) is 0.597. The van der Waals surface area contributed by atoms with Crippen LogP contribution in [0.4, 0.5) is 0 Å². The third-order valence-electron chi connectivity index (χ3n) is 1.16. The molecule has 0 radical (unpaired) electrons. The molecule has 0 spiro atoms. The van der Waals surface area contributed by atoms with Gasteiger partial charge in [-0.15, -0.1) is 0 Å². The third-order valence-corrected chi connectivity index (χ3v) is 1.16. The lowest BCUT2D eigenvalue weighted by molar-refractivity contribution is 0.425. The second-order valence-electron chi connectivity index (χ2n) is 1.96. The molecule has 3 N–H and O–H groups in total. The summed E-state index contributed by atoms with van der Waals surface area (Å²) in [6.07, 6.45) is 3.48. The number of rotatable bonds is 1. The molecule has 0 aliphatic rings. The molecule has 0 fully saturated rings. The van der Waals surface area contributed by atoms with E-state index in [1.807, 2.05) is 6.92 Å². The molecule has 0 bridgehead atoms. The average molecular weight is 139 g/mol. The number of hydrogen-bond donors (Lipinski definition) is 3. The fraction of sp³-hybridized carbons (Fsp3) is 0.143. The van der Waals surface area contributed by atoms with Crippen molar-refractivity contribution in [2.24, 2.45) is 0 Å². The molecule has 1 heterocycles. The Bertz CT molecular complexity index is 250. The normalized spacial score (nSPS) is 10.9. The Hall–Kier alpha value is -1.38. The summed E-state index contributed by atoms with van der Waals surface area (Å²) in [7, 11) is 0. The molecule has 54 valence electrons. The van der Waals surface area contributed by atoms with Gasteiger partial charge in [-0.05, 0) is 6.92 Å². The molecule has 0 saturated carbocycles. The Morgan fingerprint density at radius 1 is 1.50 bits per heavy atom. The maximum Gasteiger partial charge on any atom is 0.198 e. The van der Waals surface area contributed by atoms with Crippen LogP contribution in [0.3, 0.4) is 0 Å². The highest BCUT2D eigenvalue weighted by Gasteiger charge is 2.00. The fourth-order valence-electron chi connectivity index (χ4n) is 0.752. The van der Waals surface area contributed by atoms with E-state index in [-0.39, 0.29) is 11.8 Å². The fourth-order valence-corrected chi connectivity index (χ4v) is 0.752. The summed E-state index contributed by atoms with van der Waals surface area (Å²) in [5.74, 6) is -0.0267. The van der Waals surface area contributed by atoms with Crippen molar-refractivity contribution in [3.05, 3.63) is 17.7 Å². The van der Waals surface area contributed by atoms with Gasteiger partial charge in [0, 0.05) is 11.6 Å². The SMILES string of the molecule is CC=Cc1cc(O)[nH]c1O. The van der Waals surface area contributed by atoms with E-state index >= 15 is 0 Å². The minimum Gasteiger partial charge on any atom is -0.494 e. The van der Waals surface area contributed by atoms with Crippen LogP contribution in [0.25, 0.3) is 6.08 Å². The Morgan fingerprint density at radius 2 is 2.20 bits per heavy atom. The first-order valence-corrected chi connectivity index (χ1v) is 2.97. The van der Waals surface area contributed by atoms with Gasteiger partial charge in [0.25, 0.3) is 0 Å². The first kappa shape index (κ1) is 6.74. The van der Waals surface area contributed by atoms with Crippen LogP contribution in [0.15, 0.2) is 12.1 Å². The lowest BCUT2D eigenvalue weighted by Crippen LogP contribution is -1.64. The largest absolute Gasteiger partial charge is 0.494 e. The number of hydrogen-bond acceptors (Lipinski definition) is 2. The molecule has 0 aliphatic heterocycles. The van der Waals surface area contributed by atoms with E-state index in [0.717, 1.165) is 0 Å². The van der Waals surface area contributed by atoms with E-state index in [9.17, 15) is 0 Å². The molecule has 1 rings (SSSR count). The van der Waals surface area contributed by atoms with Gasteiger partial charge in [0.15, 0.2) is 11.8 Å². The topological polar surface area (TPSA) is 56.2 Å². The van der Waals surface area contributed by atoms with Crippen LogP contribution < -0.4 is 0 Å². The van der Waals surface area contributed by atoms with Crippen LogP contribution in [0.2, 0.25) is 0 Å². The second-order valence-corrected chi connectivity index (χ2v) is 1.96. The van der Waals surface area contributed by atoms with Crippen LogP contribution >= 0.6 is 0 Å². The monoisotopic (exact) mass is 139 g/mol. The number of aromatic amines is 1. The van der Waals surface area contributed by atoms with Crippen molar-refractivity contribution in [3.63, 3.8) is 0 Å². The standard InChI is InChI=1S/C7H9NO2/c1-2-3-5-4-6(9)8-7(5)10/h2-4,8-10H,1H3. The van der Waals surface area contributed by atoms with E-state index in [1.165, 1.54) is 6.07 Å². The zero-order chi connectivity index (χ0) is 7.56. The predicted molar refractivity (Wildman–Crippen MR) is 38.8 cm³/mol. The predicted octanol–water partition coefficient (Wildman–Crippen LogP) is 1.46. The number of aromatic hydroxyl groups is 2. The number of nitrogens with one attached hydrogen (secondary N) is 1. The minimum absolute atomic E-state index is 0.00407. The summed E-state index contributed by atoms with van der Waals surface area (Å²) < 4.78 is 0. The minimum atomic E-state index is -0.0226. The van der Waals surface area contributed by atoms with E-state index in [2.05, 4.69) is 4.98 Å². The summed E-state index contributed by atoms with van der Waals surface area (Å²) in [6, 6.07) is 1.45. The molecule has 0 aromatic carbocycles. The first-order valence-electron chi connectivity index (χ1n) is 2.97. The van der Waals surface area contributed by atoms with E-state index in [4.69, 9.17) is 10.2 Å². The lowest BCUT2D eigenvalue weighted by Gasteiger charge is -1.84. The molecule has 3 nitrogen and oxygen atoms in total. The molecule has 3 heteroatoms. The summed E-state index contributed by atoms with van der Waals surface area (Å²) >= 11 is 0. The van der Waals surface area contributed by atoms with Crippen LogP contribution in [0.5, 0.6) is 11.8 Å². The Kier molecular flexibility index (Phi) is 1.67. The molecule has 0 aliphatic carbocycles. The van der Waals surface area contributed by atoms with Gasteiger partial charge in [0.1, 0.15) is 0 Å². The summed E-state index contributed by atoms with van der Waals surface area (Å²) in [4.78, 5) is 2.35. The molecule has 0 unspecified atom stereocenters. The third kappa shape index (κ3) is 1.13. The van der Waals surface area contributed by atoms with Gasteiger partial charge in [0.2, 0.25) is 0 Å². The molecule has 0 saturated heterocycles. The van der Waals surface area contributed by atoms with Crippen molar-refractivity contribution in [1.29, 1.82) is 0 Å². The van der Waals surface area contributed by atoms with Gasteiger partial charge in [0.05, 0.1) is 0 Å². The summed E-state index contributed by atoms with van der Waals surface area (Å²) in [6.45, 7) is 1.84. The number of H-pyrrole nitrogens is 1. The molecule has 0 atom stereocenters. The van der Waals surface area contributed by atoms with Crippen molar-refractivity contribution in [3.8, 4) is 11.8 Å². The Balaban J connectivity index is 3.03. The highest BCUT2D eigenvalue weighted by atomic mass is 16.3. The van der Waals surface area contributed by atoms with Crippen LogP contribution in [-0.4, -0.2) is 15.2 Å². The molecular weight excluding hydrogens is 130 g/mol. The quantitative estimate of drug-likeness (QED) is 0.551. The second kappa shape index (κ2) is 2.47. The van der Waals surface area contributed by atoms with Crippen LogP contribution in [0, 0.1) is 0 Å². The highest BCUT2D eigenvalue weighted by Crippen LogP contribution is 2.22. The van der Waals surface area contributed by atoms with Crippen LogP contribution in [0.1, 0.15) is 12.5 Å². The van der Waals surface area contributed by atoms with Crippen LogP contribution in [-0.2, 0) is 0 Å². The van der Waals surface area contributed by atoms with Gasteiger partial charge in [-0.25, -0.2) is 0 Å².